The number of methoxy groups -OCH3 is 1. The summed E-state index contributed by atoms with van der Waals surface area (Å²) in [6.07, 6.45) is 1.09. The summed E-state index contributed by atoms with van der Waals surface area (Å²) < 4.78 is 4.94. The molecule has 0 saturated carbocycles. The zero-order valence-electron chi connectivity index (χ0n) is 7.19. The van der Waals surface area contributed by atoms with Gasteiger partial charge in [0, 0.05) is 5.56 Å². The van der Waals surface area contributed by atoms with Gasteiger partial charge in [0.2, 0.25) is 0 Å². The highest BCUT2D eigenvalue weighted by Crippen LogP contribution is 2.16. The molecule has 1 aromatic carbocycles. The van der Waals surface area contributed by atoms with Crippen molar-refractivity contribution in [2.75, 3.05) is 7.11 Å². The molecule has 1 aromatic rings. The summed E-state index contributed by atoms with van der Waals surface area (Å²) in [5.41, 5.74) is 0.599. The van der Waals surface area contributed by atoms with Crippen LogP contribution in [0.15, 0.2) is 30.3 Å². The first kappa shape index (κ1) is 9.14. The molecule has 0 atom stereocenters. The van der Waals surface area contributed by atoms with Gasteiger partial charge < -0.3 is 9.84 Å². The third kappa shape index (κ3) is 2.24. The maximum Gasteiger partial charge on any atom is 0.133 e. The first-order valence-electron chi connectivity index (χ1n) is 3.71. The Morgan fingerprint density at radius 1 is 1.46 bits per heavy atom. The van der Waals surface area contributed by atoms with E-state index < -0.39 is 0 Å². The Labute approximate surface area is 76.5 Å². The molecule has 0 bridgehead atoms. The van der Waals surface area contributed by atoms with E-state index in [1.807, 2.05) is 0 Å². The molecule has 0 spiro atoms. The number of nitriles is 1. The molecule has 1 rings (SSSR count). The van der Waals surface area contributed by atoms with Gasteiger partial charge in [0.05, 0.1) is 19.3 Å². The van der Waals surface area contributed by atoms with Gasteiger partial charge in [-0.05, 0) is 24.3 Å². The monoisotopic (exact) mass is 175 g/mol. The third-order valence-electron chi connectivity index (χ3n) is 1.59. The predicted molar refractivity (Wildman–Crippen MR) is 49.2 cm³/mol. The molecule has 0 fully saturated rings. The summed E-state index contributed by atoms with van der Waals surface area (Å²) in [6.45, 7) is 0. The van der Waals surface area contributed by atoms with Crippen molar-refractivity contribution in [3.05, 3.63) is 35.9 Å². The van der Waals surface area contributed by atoms with E-state index in [4.69, 9.17) is 10.00 Å². The molecule has 0 amide bonds. The fraction of sp³-hybridized carbons (Fsp3) is 0.100. The zero-order chi connectivity index (χ0) is 9.68. The van der Waals surface area contributed by atoms with Gasteiger partial charge in [0.1, 0.15) is 11.5 Å². The lowest BCUT2D eigenvalue weighted by atomic mass is 10.2. The molecular weight excluding hydrogens is 166 g/mol. The van der Waals surface area contributed by atoms with Crippen molar-refractivity contribution in [1.29, 1.82) is 5.26 Å². The average Bonchev–Trinajstić information content (AvgIpc) is 2.18. The van der Waals surface area contributed by atoms with Crippen molar-refractivity contribution >= 4 is 5.76 Å². The Hall–Kier alpha value is -1.95. The first-order chi connectivity index (χ1) is 6.27. The van der Waals surface area contributed by atoms with Crippen LogP contribution in [0.2, 0.25) is 0 Å². The molecule has 0 aliphatic heterocycles. The van der Waals surface area contributed by atoms with Crippen LogP contribution in [-0.2, 0) is 0 Å². The second-order valence-electron chi connectivity index (χ2n) is 2.39. The molecule has 0 heterocycles. The Morgan fingerprint density at radius 3 is 2.54 bits per heavy atom. The van der Waals surface area contributed by atoms with Crippen molar-refractivity contribution in [2.45, 2.75) is 0 Å². The summed E-state index contributed by atoms with van der Waals surface area (Å²) in [6, 6.07) is 8.55. The third-order valence-corrected chi connectivity index (χ3v) is 1.59. The molecule has 13 heavy (non-hydrogen) atoms. The molecule has 3 nitrogen and oxygen atoms in total. The Kier molecular flexibility index (Phi) is 2.93. The van der Waals surface area contributed by atoms with Crippen LogP contribution in [0.25, 0.3) is 5.76 Å². The van der Waals surface area contributed by atoms with E-state index in [0.717, 1.165) is 6.08 Å². The lowest BCUT2D eigenvalue weighted by molar-refractivity contribution is 0.414. The summed E-state index contributed by atoms with van der Waals surface area (Å²) >= 11 is 0. The minimum atomic E-state index is -0.0369. The minimum Gasteiger partial charge on any atom is -0.507 e. The topological polar surface area (TPSA) is 53.2 Å². The van der Waals surface area contributed by atoms with E-state index in [0.29, 0.717) is 11.3 Å². The van der Waals surface area contributed by atoms with E-state index >= 15 is 0 Å². The van der Waals surface area contributed by atoms with Crippen molar-refractivity contribution < 1.29 is 9.84 Å². The van der Waals surface area contributed by atoms with Gasteiger partial charge in [-0.15, -0.1) is 0 Å². The predicted octanol–water partition coefficient (Wildman–Crippen LogP) is 2.12. The zero-order valence-corrected chi connectivity index (χ0v) is 7.19. The summed E-state index contributed by atoms with van der Waals surface area (Å²) in [4.78, 5) is 0. The van der Waals surface area contributed by atoms with E-state index in [9.17, 15) is 5.11 Å². The van der Waals surface area contributed by atoms with Crippen LogP contribution < -0.4 is 4.74 Å². The summed E-state index contributed by atoms with van der Waals surface area (Å²) in [5.74, 6) is 0.679. The molecule has 0 unspecified atom stereocenters. The van der Waals surface area contributed by atoms with Gasteiger partial charge in [-0.3, -0.25) is 0 Å². The normalized spacial score (nSPS) is 10.6. The van der Waals surface area contributed by atoms with Crippen LogP contribution in [-0.4, -0.2) is 12.2 Å². The van der Waals surface area contributed by atoms with E-state index in [1.54, 1.807) is 37.4 Å². The lowest BCUT2D eigenvalue weighted by Gasteiger charge is -2.01. The molecule has 0 saturated heterocycles. The summed E-state index contributed by atoms with van der Waals surface area (Å²) in [7, 11) is 1.57. The van der Waals surface area contributed by atoms with Crippen LogP contribution in [0.4, 0.5) is 0 Å². The number of aliphatic hydroxyl groups is 1. The second kappa shape index (κ2) is 4.17. The number of aliphatic hydroxyl groups excluding tert-OH is 1. The number of rotatable bonds is 2. The number of hydrogen-bond acceptors (Lipinski definition) is 3. The summed E-state index contributed by atoms with van der Waals surface area (Å²) in [5, 5.41) is 17.6. The fourth-order valence-electron chi connectivity index (χ4n) is 0.906. The quantitative estimate of drug-likeness (QED) is 0.553. The highest BCUT2D eigenvalue weighted by atomic mass is 16.5. The van der Waals surface area contributed by atoms with Gasteiger partial charge in [0.15, 0.2) is 0 Å². The van der Waals surface area contributed by atoms with Gasteiger partial charge in [0.25, 0.3) is 0 Å². The standard InChI is InChI=1S/C10H9NO2/c1-13-9-4-2-8(3-5-9)10(12)6-7-11/h2-6,12H,1H3. The van der Waals surface area contributed by atoms with Crippen LogP contribution in [0.3, 0.4) is 0 Å². The van der Waals surface area contributed by atoms with Gasteiger partial charge in [-0.1, -0.05) is 0 Å². The Bertz CT molecular complexity index is 346. The molecule has 0 aliphatic rings. The smallest absolute Gasteiger partial charge is 0.133 e. The number of nitrogens with zero attached hydrogens (tertiary/aromatic N) is 1. The van der Waals surface area contributed by atoms with Gasteiger partial charge in [-0.25, -0.2) is 0 Å². The molecule has 3 heteroatoms. The van der Waals surface area contributed by atoms with Crippen LogP contribution in [0.1, 0.15) is 5.56 Å². The van der Waals surface area contributed by atoms with E-state index in [-0.39, 0.29) is 5.76 Å². The van der Waals surface area contributed by atoms with Crippen molar-refractivity contribution in [1.82, 2.24) is 0 Å². The van der Waals surface area contributed by atoms with Gasteiger partial charge >= 0.3 is 0 Å². The van der Waals surface area contributed by atoms with Crippen LogP contribution >= 0.6 is 0 Å². The van der Waals surface area contributed by atoms with Crippen molar-refractivity contribution in [3.8, 4) is 11.8 Å². The largest absolute Gasteiger partial charge is 0.507 e. The molecule has 0 aliphatic carbocycles. The Morgan fingerprint density at radius 2 is 2.08 bits per heavy atom. The molecule has 1 N–H and O–H groups in total. The fourth-order valence-corrected chi connectivity index (χ4v) is 0.906. The maximum atomic E-state index is 9.28. The van der Waals surface area contributed by atoms with Crippen molar-refractivity contribution in [2.24, 2.45) is 0 Å². The number of allylic oxidation sites excluding steroid dienone is 1. The molecule has 0 radical (unpaired) electrons. The van der Waals surface area contributed by atoms with Crippen LogP contribution in [0, 0.1) is 11.3 Å². The average molecular weight is 175 g/mol. The number of hydrogen-bond donors (Lipinski definition) is 1. The van der Waals surface area contributed by atoms with Gasteiger partial charge in [-0.2, -0.15) is 5.26 Å². The number of ether oxygens (including phenoxy) is 1. The molecular formula is C10H9NO2. The lowest BCUT2D eigenvalue weighted by Crippen LogP contribution is -1.85. The van der Waals surface area contributed by atoms with E-state index in [1.165, 1.54) is 0 Å². The molecule has 0 aromatic heterocycles. The SMILES string of the molecule is COc1ccc(C(O)=CC#N)cc1. The minimum absolute atomic E-state index is 0.0369. The highest BCUT2D eigenvalue weighted by Gasteiger charge is 1.97. The molecule has 66 valence electrons. The maximum absolute atomic E-state index is 9.28. The highest BCUT2D eigenvalue weighted by molar-refractivity contribution is 5.61. The number of benzene rings is 1. The second-order valence-corrected chi connectivity index (χ2v) is 2.39. The first-order valence-corrected chi connectivity index (χ1v) is 3.71. The van der Waals surface area contributed by atoms with Crippen LogP contribution in [0.5, 0.6) is 5.75 Å². The Balaban J connectivity index is 2.94. The van der Waals surface area contributed by atoms with Crippen molar-refractivity contribution in [3.63, 3.8) is 0 Å². The van der Waals surface area contributed by atoms with E-state index in [2.05, 4.69) is 0 Å².